The molecule has 0 saturated carbocycles. The Morgan fingerprint density at radius 3 is 1.54 bits per heavy atom. The van der Waals surface area contributed by atoms with E-state index in [1.54, 1.807) is 0 Å². The second kappa shape index (κ2) is 7.06. The van der Waals surface area contributed by atoms with Crippen LogP contribution in [-0.2, 0) is 0 Å². The molecule has 4 nitrogen and oxygen atoms in total. The maximum absolute atomic E-state index is 9.43. The van der Waals surface area contributed by atoms with Crippen molar-refractivity contribution in [2.45, 2.75) is 37.8 Å². The number of aliphatic hydroxyl groups excluding tert-OH is 2. The van der Waals surface area contributed by atoms with Crippen LogP contribution in [0.1, 0.15) is 25.7 Å². The number of piperidine rings is 6. The lowest BCUT2D eigenvalue weighted by Crippen LogP contribution is -2.54. The molecule has 0 aromatic rings. The van der Waals surface area contributed by atoms with E-state index in [4.69, 9.17) is 0 Å². The molecule has 0 amide bonds. The molecule has 0 radical (unpaired) electrons. The highest BCUT2D eigenvalue weighted by Gasteiger charge is 2.40. The minimum Gasteiger partial charge on any atom is -0.395 e. The Balaban J connectivity index is 1.35. The van der Waals surface area contributed by atoms with E-state index in [-0.39, 0.29) is 13.2 Å². The van der Waals surface area contributed by atoms with E-state index in [0.29, 0.717) is 35.8 Å². The van der Waals surface area contributed by atoms with E-state index >= 15 is 0 Å². The van der Waals surface area contributed by atoms with Crippen molar-refractivity contribution >= 4 is 0 Å². The summed E-state index contributed by atoms with van der Waals surface area (Å²) in [6, 6.07) is 0.721. The van der Waals surface area contributed by atoms with Crippen LogP contribution >= 0.6 is 0 Å². The minimum atomic E-state index is 0.283. The van der Waals surface area contributed by atoms with Crippen LogP contribution in [0.3, 0.4) is 0 Å². The van der Waals surface area contributed by atoms with Gasteiger partial charge in [0, 0.05) is 37.0 Å². The van der Waals surface area contributed by atoms with Crippen LogP contribution in [-0.4, -0.2) is 71.5 Å². The number of hydrogen-bond acceptors (Lipinski definition) is 4. The lowest BCUT2D eigenvalue weighted by Gasteiger charge is -2.47. The maximum Gasteiger partial charge on any atom is 0.0586 e. The molecular weight excluding hydrogens is 300 g/mol. The van der Waals surface area contributed by atoms with Crippen molar-refractivity contribution in [3.63, 3.8) is 0 Å². The molecule has 6 aliphatic heterocycles. The summed E-state index contributed by atoms with van der Waals surface area (Å²) in [5.74, 6) is 15.2. The van der Waals surface area contributed by atoms with Crippen LogP contribution in [0, 0.1) is 47.4 Å². The Bertz CT molecular complexity index is 532. The fourth-order valence-corrected chi connectivity index (χ4v) is 5.24. The number of rotatable bonds is 2. The zero-order chi connectivity index (χ0) is 16.5. The van der Waals surface area contributed by atoms with Crippen molar-refractivity contribution in [1.82, 2.24) is 9.80 Å². The highest BCUT2D eigenvalue weighted by atomic mass is 16.3. The van der Waals surface area contributed by atoms with E-state index in [2.05, 4.69) is 33.5 Å². The Labute approximate surface area is 145 Å². The summed E-state index contributed by atoms with van der Waals surface area (Å²) in [6.07, 6.45) is 4.61. The smallest absolute Gasteiger partial charge is 0.0586 e. The topological polar surface area (TPSA) is 46.9 Å². The van der Waals surface area contributed by atoms with Gasteiger partial charge in [-0.05, 0) is 62.4 Å². The second-order valence-corrected chi connectivity index (χ2v) is 7.98. The van der Waals surface area contributed by atoms with Gasteiger partial charge in [0.2, 0.25) is 0 Å². The summed E-state index contributed by atoms with van der Waals surface area (Å²) in [5.41, 5.74) is 0. The fraction of sp³-hybridized carbons (Fsp3) is 0.800. The molecule has 0 spiro atoms. The molecule has 6 saturated heterocycles. The standard InChI is InChI=1S/C20H28N2O2/c23-13-19-9-15-5-7-21(19)11-17(15)3-1-2-4-18-12-22-8-6-16(18)10-20(22)14-24/h15-20,23-24H,5-14H2/t15-,16-,17-,18-,19+,20+/m0/s1. The van der Waals surface area contributed by atoms with Crippen molar-refractivity contribution in [3.05, 3.63) is 0 Å². The van der Waals surface area contributed by atoms with Crippen LogP contribution in [0.25, 0.3) is 0 Å². The molecule has 6 heterocycles. The van der Waals surface area contributed by atoms with Gasteiger partial charge < -0.3 is 10.2 Å². The van der Waals surface area contributed by atoms with E-state index in [0.717, 1.165) is 39.0 Å². The van der Waals surface area contributed by atoms with Crippen molar-refractivity contribution in [2.24, 2.45) is 23.7 Å². The first-order chi connectivity index (χ1) is 11.8. The third-order valence-corrected chi connectivity index (χ3v) is 6.76. The van der Waals surface area contributed by atoms with E-state index < -0.39 is 0 Å². The first-order valence-corrected chi connectivity index (χ1v) is 9.49. The molecule has 6 rings (SSSR count). The van der Waals surface area contributed by atoms with Gasteiger partial charge in [0.15, 0.2) is 0 Å². The van der Waals surface area contributed by atoms with E-state index in [1.807, 2.05) is 0 Å². The summed E-state index contributed by atoms with van der Waals surface area (Å²) >= 11 is 0. The van der Waals surface area contributed by atoms with Gasteiger partial charge in [-0.25, -0.2) is 0 Å². The monoisotopic (exact) mass is 328 g/mol. The van der Waals surface area contributed by atoms with Gasteiger partial charge in [-0.15, -0.1) is 0 Å². The predicted molar refractivity (Wildman–Crippen MR) is 92.9 cm³/mol. The zero-order valence-electron chi connectivity index (χ0n) is 14.3. The molecule has 4 bridgehead atoms. The SMILES string of the molecule is OC[C@H]1C[C@@H]2CCN1C[C@@H]2C#CC#C[C@H]1CN2CC[C@H]1C[C@@H]2CO. The number of fused-ring (bicyclic) bond motifs is 6. The summed E-state index contributed by atoms with van der Waals surface area (Å²) < 4.78 is 0. The van der Waals surface area contributed by atoms with Gasteiger partial charge in [0.1, 0.15) is 0 Å². The summed E-state index contributed by atoms with van der Waals surface area (Å²) in [7, 11) is 0. The Morgan fingerprint density at radius 2 is 1.21 bits per heavy atom. The first kappa shape index (κ1) is 16.4. The number of nitrogens with zero attached hydrogens (tertiary/aromatic N) is 2. The minimum absolute atomic E-state index is 0.283. The van der Waals surface area contributed by atoms with Crippen molar-refractivity contribution in [2.75, 3.05) is 39.4 Å². The third kappa shape index (κ3) is 3.09. The number of aliphatic hydroxyl groups is 2. The molecule has 2 unspecified atom stereocenters. The highest BCUT2D eigenvalue weighted by molar-refractivity contribution is 5.29. The average molecular weight is 328 g/mol. The molecule has 24 heavy (non-hydrogen) atoms. The van der Waals surface area contributed by atoms with Gasteiger partial charge in [0.25, 0.3) is 0 Å². The molecule has 0 aromatic heterocycles. The molecule has 2 N–H and O–H groups in total. The second-order valence-electron chi connectivity index (χ2n) is 7.98. The van der Waals surface area contributed by atoms with Crippen LogP contribution in [0.15, 0.2) is 0 Å². The lowest BCUT2D eigenvalue weighted by molar-refractivity contribution is -0.00382. The molecule has 0 aliphatic carbocycles. The summed E-state index contributed by atoms with van der Waals surface area (Å²) in [5, 5.41) is 18.9. The van der Waals surface area contributed by atoms with Gasteiger partial charge in [-0.1, -0.05) is 11.8 Å². The van der Waals surface area contributed by atoms with Gasteiger partial charge in [-0.3, -0.25) is 9.80 Å². The molecule has 8 atom stereocenters. The lowest BCUT2D eigenvalue weighted by atomic mass is 9.76. The molecule has 6 fully saturated rings. The van der Waals surface area contributed by atoms with Gasteiger partial charge in [0.05, 0.1) is 13.2 Å². The Morgan fingerprint density at radius 1 is 0.750 bits per heavy atom. The van der Waals surface area contributed by atoms with Crippen molar-refractivity contribution in [3.8, 4) is 23.7 Å². The normalized spacial score (nSPS) is 45.9. The Hall–Kier alpha value is -1.04. The molecule has 0 aromatic carbocycles. The van der Waals surface area contributed by atoms with Gasteiger partial charge >= 0.3 is 0 Å². The molecular formula is C20H28N2O2. The van der Waals surface area contributed by atoms with Crippen LogP contribution in [0.2, 0.25) is 0 Å². The summed E-state index contributed by atoms with van der Waals surface area (Å²) in [6.45, 7) is 4.80. The Kier molecular flexibility index (Phi) is 4.83. The number of hydrogen-bond donors (Lipinski definition) is 2. The van der Waals surface area contributed by atoms with Crippen LogP contribution < -0.4 is 0 Å². The molecule has 130 valence electrons. The maximum atomic E-state index is 9.43. The van der Waals surface area contributed by atoms with E-state index in [9.17, 15) is 10.2 Å². The fourth-order valence-electron chi connectivity index (χ4n) is 5.24. The van der Waals surface area contributed by atoms with Gasteiger partial charge in [-0.2, -0.15) is 0 Å². The average Bonchev–Trinajstić information content (AvgIpc) is 2.66. The van der Waals surface area contributed by atoms with Crippen molar-refractivity contribution < 1.29 is 10.2 Å². The first-order valence-electron chi connectivity index (χ1n) is 9.49. The highest BCUT2D eigenvalue weighted by Crippen LogP contribution is 2.36. The largest absolute Gasteiger partial charge is 0.395 e. The molecule has 6 aliphatic rings. The third-order valence-electron chi connectivity index (χ3n) is 6.76. The van der Waals surface area contributed by atoms with E-state index in [1.165, 1.54) is 12.8 Å². The van der Waals surface area contributed by atoms with Crippen molar-refractivity contribution in [1.29, 1.82) is 0 Å². The van der Waals surface area contributed by atoms with Crippen LogP contribution in [0.5, 0.6) is 0 Å². The molecule has 4 heteroatoms. The predicted octanol–water partition coefficient (Wildman–Crippen LogP) is 0.399. The zero-order valence-corrected chi connectivity index (χ0v) is 14.3. The van der Waals surface area contributed by atoms with Crippen LogP contribution in [0.4, 0.5) is 0 Å². The quantitative estimate of drug-likeness (QED) is 0.721. The summed E-state index contributed by atoms with van der Waals surface area (Å²) in [4.78, 5) is 4.80.